The molecule has 2 aromatic rings. The van der Waals surface area contributed by atoms with Gasteiger partial charge in [-0.1, -0.05) is 23.7 Å². The maximum atomic E-state index is 12.6. The van der Waals surface area contributed by atoms with Gasteiger partial charge < -0.3 is 5.32 Å². The third-order valence-electron chi connectivity index (χ3n) is 3.55. The second-order valence-electron chi connectivity index (χ2n) is 5.40. The van der Waals surface area contributed by atoms with Gasteiger partial charge in [0, 0.05) is 17.1 Å². The summed E-state index contributed by atoms with van der Waals surface area (Å²) in [7, 11) is -3.83. The van der Waals surface area contributed by atoms with Crippen molar-refractivity contribution in [2.75, 3.05) is 11.3 Å². The molecule has 0 saturated carbocycles. The highest BCUT2D eigenvalue weighted by atomic mass is 35.5. The van der Waals surface area contributed by atoms with Crippen LogP contribution in [0.3, 0.4) is 0 Å². The first-order valence-corrected chi connectivity index (χ1v) is 9.28. The number of aryl methyl sites for hydroxylation is 2. The van der Waals surface area contributed by atoms with Gasteiger partial charge in [-0.25, -0.2) is 8.42 Å². The quantitative estimate of drug-likeness (QED) is 0.850. The number of sulfonamides is 1. The summed E-state index contributed by atoms with van der Waals surface area (Å²) < 4.78 is 27.8. The predicted octanol–water partition coefficient (Wildman–Crippen LogP) is 3.51. The lowest BCUT2D eigenvalue weighted by Gasteiger charge is -2.13. The summed E-state index contributed by atoms with van der Waals surface area (Å²) in [6.45, 7) is 5.81. The van der Waals surface area contributed by atoms with Crippen LogP contribution in [0.1, 0.15) is 28.4 Å². The zero-order chi connectivity index (χ0) is 17.9. The second kappa shape index (κ2) is 7.23. The SMILES string of the molecule is CCNC(=O)c1cc(S(=O)(=O)Nc2cc(Cl)ccc2C)ccc1C. The standard InChI is InChI=1S/C17H19ClN2O3S/c1-4-19-17(21)15-10-14(8-6-11(15)2)24(22,23)20-16-9-13(18)7-5-12(16)3/h5-10,20H,4H2,1-3H3,(H,19,21). The molecule has 128 valence electrons. The van der Waals surface area contributed by atoms with Crippen molar-refractivity contribution in [3.8, 4) is 0 Å². The van der Waals surface area contributed by atoms with Gasteiger partial charge in [0.1, 0.15) is 0 Å². The number of carbonyl (C=O) groups excluding carboxylic acids is 1. The van der Waals surface area contributed by atoms with Gasteiger partial charge >= 0.3 is 0 Å². The zero-order valence-electron chi connectivity index (χ0n) is 13.7. The van der Waals surface area contributed by atoms with E-state index in [9.17, 15) is 13.2 Å². The van der Waals surface area contributed by atoms with E-state index in [-0.39, 0.29) is 10.8 Å². The zero-order valence-corrected chi connectivity index (χ0v) is 15.3. The van der Waals surface area contributed by atoms with Crippen LogP contribution >= 0.6 is 11.6 Å². The van der Waals surface area contributed by atoms with Gasteiger partial charge in [-0.3, -0.25) is 9.52 Å². The lowest BCUT2D eigenvalue weighted by Crippen LogP contribution is -2.24. The average Bonchev–Trinajstić information content (AvgIpc) is 2.51. The Morgan fingerprint density at radius 2 is 1.75 bits per heavy atom. The van der Waals surface area contributed by atoms with E-state index in [2.05, 4.69) is 10.0 Å². The molecule has 5 nitrogen and oxygen atoms in total. The molecule has 2 aromatic carbocycles. The Kier molecular flexibility index (Phi) is 5.51. The van der Waals surface area contributed by atoms with Gasteiger partial charge in [-0.2, -0.15) is 0 Å². The fourth-order valence-corrected chi connectivity index (χ4v) is 3.50. The third-order valence-corrected chi connectivity index (χ3v) is 5.14. The minimum absolute atomic E-state index is 0.0220. The number of carbonyl (C=O) groups is 1. The molecule has 7 heteroatoms. The topological polar surface area (TPSA) is 75.3 Å². The minimum Gasteiger partial charge on any atom is -0.352 e. The van der Waals surface area contributed by atoms with Crippen molar-refractivity contribution in [1.82, 2.24) is 5.32 Å². The maximum absolute atomic E-state index is 12.6. The Hall–Kier alpha value is -2.05. The Morgan fingerprint density at radius 1 is 1.08 bits per heavy atom. The number of hydrogen-bond donors (Lipinski definition) is 2. The fourth-order valence-electron chi connectivity index (χ4n) is 2.18. The molecule has 0 bridgehead atoms. The molecule has 0 heterocycles. The Labute approximate surface area is 147 Å². The number of rotatable bonds is 5. The summed E-state index contributed by atoms with van der Waals surface area (Å²) in [5.74, 6) is -0.300. The van der Waals surface area contributed by atoms with Crippen LogP contribution < -0.4 is 10.0 Å². The summed E-state index contributed by atoms with van der Waals surface area (Å²) in [6.07, 6.45) is 0. The Bertz CT molecular complexity index is 879. The van der Waals surface area contributed by atoms with Gasteiger partial charge in [-0.15, -0.1) is 0 Å². The molecule has 0 fully saturated rings. The Morgan fingerprint density at radius 3 is 2.42 bits per heavy atom. The van der Waals surface area contributed by atoms with Gasteiger partial charge in [0.15, 0.2) is 0 Å². The molecule has 2 N–H and O–H groups in total. The number of halogens is 1. The highest BCUT2D eigenvalue weighted by molar-refractivity contribution is 7.92. The second-order valence-corrected chi connectivity index (χ2v) is 7.52. The van der Waals surface area contributed by atoms with Crippen LogP contribution in [0.4, 0.5) is 5.69 Å². The first-order chi connectivity index (χ1) is 11.2. The van der Waals surface area contributed by atoms with E-state index in [4.69, 9.17) is 11.6 Å². The summed E-state index contributed by atoms with van der Waals surface area (Å²) in [4.78, 5) is 12.1. The van der Waals surface area contributed by atoms with Crippen molar-refractivity contribution < 1.29 is 13.2 Å². The summed E-state index contributed by atoms with van der Waals surface area (Å²) in [6, 6.07) is 9.43. The van der Waals surface area contributed by atoms with Crippen LogP contribution in [0.2, 0.25) is 5.02 Å². The van der Waals surface area contributed by atoms with E-state index in [1.807, 2.05) is 0 Å². The molecule has 0 radical (unpaired) electrons. The minimum atomic E-state index is -3.83. The molecule has 0 spiro atoms. The summed E-state index contributed by atoms with van der Waals surface area (Å²) >= 11 is 5.93. The van der Waals surface area contributed by atoms with Crippen molar-refractivity contribution in [3.63, 3.8) is 0 Å². The van der Waals surface area contributed by atoms with Crippen molar-refractivity contribution >= 4 is 33.2 Å². The third kappa shape index (κ3) is 4.07. The van der Waals surface area contributed by atoms with E-state index in [1.165, 1.54) is 12.1 Å². The first-order valence-electron chi connectivity index (χ1n) is 7.42. The molecule has 1 amide bonds. The van der Waals surface area contributed by atoms with Crippen LogP contribution in [0, 0.1) is 13.8 Å². The number of anilines is 1. The normalized spacial score (nSPS) is 11.2. The lowest BCUT2D eigenvalue weighted by atomic mass is 10.1. The van der Waals surface area contributed by atoms with Crippen LogP contribution in [0.25, 0.3) is 0 Å². The number of hydrogen-bond acceptors (Lipinski definition) is 3. The van der Waals surface area contributed by atoms with E-state index >= 15 is 0 Å². The van der Waals surface area contributed by atoms with Crippen molar-refractivity contribution in [2.45, 2.75) is 25.7 Å². The van der Waals surface area contributed by atoms with E-state index in [1.54, 1.807) is 45.0 Å². The molecule has 2 rings (SSSR count). The van der Waals surface area contributed by atoms with Crippen LogP contribution in [-0.4, -0.2) is 20.9 Å². The molecule has 0 aromatic heterocycles. The molecule has 0 aliphatic rings. The maximum Gasteiger partial charge on any atom is 0.261 e. The highest BCUT2D eigenvalue weighted by Gasteiger charge is 2.19. The molecule has 0 atom stereocenters. The van der Waals surface area contributed by atoms with Crippen molar-refractivity contribution in [2.24, 2.45) is 0 Å². The first kappa shape index (κ1) is 18.3. The van der Waals surface area contributed by atoms with Gasteiger partial charge in [-0.05, 0) is 56.2 Å². The van der Waals surface area contributed by atoms with Gasteiger partial charge in [0.05, 0.1) is 10.6 Å². The molecule has 0 saturated heterocycles. The molecule has 0 aliphatic carbocycles. The molecule has 0 aliphatic heterocycles. The molecular formula is C17H19ClN2O3S. The Balaban J connectivity index is 2.41. The lowest BCUT2D eigenvalue weighted by molar-refractivity contribution is 0.0955. The number of nitrogens with one attached hydrogen (secondary N) is 2. The average molecular weight is 367 g/mol. The largest absolute Gasteiger partial charge is 0.352 e. The van der Waals surface area contributed by atoms with Crippen LogP contribution in [0.15, 0.2) is 41.3 Å². The molecular weight excluding hydrogens is 348 g/mol. The monoisotopic (exact) mass is 366 g/mol. The van der Waals surface area contributed by atoms with E-state index in [0.29, 0.717) is 28.4 Å². The van der Waals surface area contributed by atoms with E-state index < -0.39 is 10.0 Å². The number of benzene rings is 2. The van der Waals surface area contributed by atoms with Crippen molar-refractivity contribution in [1.29, 1.82) is 0 Å². The molecule has 24 heavy (non-hydrogen) atoms. The number of amides is 1. The van der Waals surface area contributed by atoms with Crippen LogP contribution in [-0.2, 0) is 10.0 Å². The van der Waals surface area contributed by atoms with Crippen molar-refractivity contribution in [3.05, 3.63) is 58.1 Å². The summed E-state index contributed by atoms with van der Waals surface area (Å²) in [5.41, 5.74) is 2.20. The fraction of sp³-hybridized carbons (Fsp3) is 0.235. The highest BCUT2D eigenvalue weighted by Crippen LogP contribution is 2.24. The molecule has 0 unspecified atom stereocenters. The predicted molar refractivity (Wildman–Crippen MR) is 96.2 cm³/mol. The van der Waals surface area contributed by atoms with Gasteiger partial charge in [0.25, 0.3) is 15.9 Å². The smallest absolute Gasteiger partial charge is 0.261 e. The van der Waals surface area contributed by atoms with Crippen LogP contribution in [0.5, 0.6) is 0 Å². The van der Waals surface area contributed by atoms with E-state index in [0.717, 1.165) is 5.56 Å². The summed E-state index contributed by atoms with van der Waals surface area (Å²) in [5, 5.41) is 3.11. The van der Waals surface area contributed by atoms with Gasteiger partial charge in [0.2, 0.25) is 0 Å².